The Hall–Kier alpha value is -1.70. The maximum absolute atomic E-state index is 12.3. The minimum atomic E-state index is -0.111. The van der Waals surface area contributed by atoms with Gasteiger partial charge in [0, 0.05) is 0 Å². The van der Waals surface area contributed by atoms with Gasteiger partial charge in [-0.2, -0.15) is 0 Å². The van der Waals surface area contributed by atoms with Crippen molar-refractivity contribution in [3.8, 4) is 0 Å². The second kappa shape index (κ2) is 8.54. The van der Waals surface area contributed by atoms with Gasteiger partial charge < -0.3 is 0 Å². The maximum atomic E-state index is 12.3. The summed E-state index contributed by atoms with van der Waals surface area (Å²) in [6.07, 6.45) is 14.0. The zero-order valence-corrected chi connectivity index (χ0v) is 18.1. The lowest BCUT2D eigenvalue weighted by molar-refractivity contribution is -0.121. The number of allylic oxidation sites excluding steroid dienone is 8. The largest absolute Gasteiger partial charge is 0.294 e. The average molecular weight is 369 g/mol. The topological polar surface area (TPSA) is 34.1 Å². The first-order valence-corrected chi connectivity index (χ1v) is 10.4. The van der Waals surface area contributed by atoms with Gasteiger partial charge in [0.2, 0.25) is 0 Å². The smallest absolute Gasteiger partial charge is 0.163 e. The van der Waals surface area contributed by atoms with Crippen LogP contribution < -0.4 is 0 Å². The predicted octanol–water partition coefficient (Wildman–Crippen LogP) is 6.68. The van der Waals surface area contributed by atoms with Gasteiger partial charge >= 0.3 is 0 Å². The fraction of sp³-hybridized carbons (Fsp3) is 0.600. The highest BCUT2D eigenvalue weighted by Crippen LogP contribution is 2.41. The van der Waals surface area contributed by atoms with Crippen LogP contribution in [0, 0.1) is 10.8 Å². The van der Waals surface area contributed by atoms with Gasteiger partial charge in [-0.05, 0) is 86.5 Å². The standard InChI is InChI=1S/C25H36O2/c1-18-9-7-15-24(3,4)22(18)13-11-20(26)17-21(27)12-14-23-19(2)10-8-16-25(23,5)6/h11-14H,7-10,15-17H2,1-6H3/b13-11+,14-12+. The Morgan fingerprint density at radius 2 is 1.15 bits per heavy atom. The van der Waals surface area contributed by atoms with Crippen LogP contribution in [0.3, 0.4) is 0 Å². The van der Waals surface area contributed by atoms with E-state index in [9.17, 15) is 9.59 Å². The molecule has 0 heterocycles. The van der Waals surface area contributed by atoms with E-state index < -0.39 is 0 Å². The van der Waals surface area contributed by atoms with Crippen LogP contribution in [-0.4, -0.2) is 11.6 Å². The molecule has 148 valence electrons. The summed E-state index contributed by atoms with van der Waals surface area (Å²) in [6.45, 7) is 13.2. The van der Waals surface area contributed by atoms with Crippen molar-refractivity contribution >= 4 is 11.6 Å². The molecule has 2 aliphatic carbocycles. The van der Waals surface area contributed by atoms with Crippen molar-refractivity contribution in [1.29, 1.82) is 0 Å². The summed E-state index contributed by atoms with van der Waals surface area (Å²) in [4.78, 5) is 24.6. The lowest BCUT2D eigenvalue weighted by Gasteiger charge is -2.32. The van der Waals surface area contributed by atoms with E-state index in [1.807, 2.05) is 12.2 Å². The van der Waals surface area contributed by atoms with E-state index in [-0.39, 0.29) is 28.8 Å². The molecule has 0 aromatic heterocycles. The Morgan fingerprint density at radius 3 is 1.48 bits per heavy atom. The molecule has 0 N–H and O–H groups in total. The van der Waals surface area contributed by atoms with E-state index in [1.54, 1.807) is 12.2 Å². The average Bonchev–Trinajstić information content (AvgIpc) is 2.52. The molecule has 0 amide bonds. The monoisotopic (exact) mass is 368 g/mol. The van der Waals surface area contributed by atoms with E-state index in [1.165, 1.54) is 35.1 Å². The Kier molecular flexibility index (Phi) is 6.83. The molecule has 2 heteroatoms. The lowest BCUT2D eigenvalue weighted by atomic mass is 9.72. The van der Waals surface area contributed by atoms with Crippen LogP contribution in [0.15, 0.2) is 46.6 Å². The molecule has 2 rings (SSSR count). The maximum Gasteiger partial charge on any atom is 0.163 e. The van der Waals surface area contributed by atoms with Gasteiger partial charge in [-0.3, -0.25) is 9.59 Å². The van der Waals surface area contributed by atoms with Gasteiger partial charge in [-0.25, -0.2) is 0 Å². The molecule has 27 heavy (non-hydrogen) atoms. The molecule has 0 saturated carbocycles. The van der Waals surface area contributed by atoms with Gasteiger partial charge in [0.1, 0.15) is 0 Å². The fourth-order valence-corrected chi connectivity index (χ4v) is 4.66. The number of ketones is 2. The Labute approximate surface area is 165 Å². The van der Waals surface area contributed by atoms with Crippen molar-refractivity contribution < 1.29 is 9.59 Å². The third-order valence-electron chi connectivity index (χ3n) is 6.31. The van der Waals surface area contributed by atoms with E-state index in [0.29, 0.717) is 0 Å². The normalized spacial score (nSPS) is 22.7. The summed E-state index contributed by atoms with van der Waals surface area (Å²) in [6, 6.07) is 0. The highest BCUT2D eigenvalue weighted by Gasteiger charge is 2.27. The van der Waals surface area contributed by atoms with Gasteiger partial charge in [0.15, 0.2) is 11.6 Å². The summed E-state index contributed by atoms with van der Waals surface area (Å²) < 4.78 is 0. The number of hydrogen-bond acceptors (Lipinski definition) is 2. The molecule has 0 unspecified atom stereocenters. The molecular formula is C25H36O2. The van der Waals surface area contributed by atoms with E-state index in [4.69, 9.17) is 0 Å². The first-order chi connectivity index (χ1) is 12.5. The summed E-state index contributed by atoms with van der Waals surface area (Å²) in [7, 11) is 0. The van der Waals surface area contributed by atoms with Gasteiger partial charge in [0.05, 0.1) is 6.42 Å². The van der Waals surface area contributed by atoms with Crippen molar-refractivity contribution in [2.75, 3.05) is 0 Å². The van der Waals surface area contributed by atoms with Crippen LogP contribution in [0.1, 0.15) is 86.5 Å². The van der Waals surface area contributed by atoms with E-state index in [0.717, 1.165) is 25.7 Å². The van der Waals surface area contributed by atoms with Gasteiger partial charge in [-0.1, -0.05) is 51.0 Å². The molecule has 0 atom stereocenters. The van der Waals surface area contributed by atoms with E-state index in [2.05, 4.69) is 41.5 Å². The van der Waals surface area contributed by atoms with Crippen molar-refractivity contribution in [1.82, 2.24) is 0 Å². The fourth-order valence-electron chi connectivity index (χ4n) is 4.66. The number of carbonyl (C=O) groups is 2. The molecule has 0 aliphatic heterocycles. The number of carbonyl (C=O) groups excluding carboxylic acids is 2. The Bertz CT molecular complexity index is 661. The molecular weight excluding hydrogens is 332 g/mol. The van der Waals surface area contributed by atoms with Crippen molar-refractivity contribution in [3.63, 3.8) is 0 Å². The molecule has 0 bridgehead atoms. The highest BCUT2D eigenvalue weighted by atomic mass is 16.1. The molecule has 0 fully saturated rings. The number of rotatable bonds is 6. The molecule has 0 aromatic rings. The van der Waals surface area contributed by atoms with Crippen molar-refractivity contribution in [2.24, 2.45) is 10.8 Å². The molecule has 0 aromatic carbocycles. The SMILES string of the molecule is CC1=C(/C=C/C(=O)CC(=O)/C=C/C2=C(C)CCCC2(C)C)C(C)(C)CCC1. The molecule has 0 saturated heterocycles. The minimum absolute atomic E-state index is 0.0491. The van der Waals surface area contributed by atoms with Crippen molar-refractivity contribution in [3.05, 3.63) is 46.6 Å². The van der Waals surface area contributed by atoms with Crippen LogP contribution >= 0.6 is 0 Å². The van der Waals surface area contributed by atoms with Crippen LogP contribution in [-0.2, 0) is 9.59 Å². The first-order valence-electron chi connectivity index (χ1n) is 10.4. The summed E-state index contributed by atoms with van der Waals surface area (Å²) in [5, 5.41) is 0. The third kappa shape index (κ3) is 5.64. The molecule has 0 radical (unpaired) electrons. The molecule has 2 nitrogen and oxygen atoms in total. The zero-order valence-electron chi connectivity index (χ0n) is 18.1. The zero-order chi connectivity index (χ0) is 20.2. The van der Waals surface area contributed by atoms with Crippen LogP contribution in [0.2, 0.25) is 0 Å². The Balaban J connectivity index is 2.01. The van der Waals surface area contributed by atoms with Crippen molar-refractivity contribution in [2.45, 2.75) is 86.5 Å². The van der Waals surface area contributed by atoms with E-state index >= 15 is 0 Å². The summed E-state index contributed by atoms with van der Waals surface area (Å²) >= 11 is 0. The van der Waals surface area contributed by atoms with Crippen LogP contribution in [0.5, 0.6) is 0 Å². The third-order valence-corrected chi connectivity index (χ3v) is 6.31. The van der Waals surface area contributed by atoms with Gasteiger partial charge in [-0.15, -0.1) is 0 Å². The lowest BCUT2D eigenvalue weighted by Crippen LogP contribution is -2.19. The van der Waals surface area contributed by atoms with Crippen LogP contribution in [0.25, 0.3) is 0 Å². The van der Waals surface area contributed by atoms with Crippen LogP contribution in [0.4, 0.5) is 0 Å². The second-order valence-corrected chi connectivity index (χ2v) is 9.64. The highest BCUT2D eigenvalue weighted by molar-refractivity contribution is 6.08. The second-order valence-electron chi connectivity index (χ2n) is 9.64. The quantitative estimate of drug-likeness (QED) is 0.387. The summed E-state index contributed by atoms with van der Waals surface area (Å²) in [5.41, 5.74) is 5.47. The predicted molar refractivity (Wildman–Crippen MR) is 114 cm³/mol. The Morgan fingerprint density at radius 1 is 0.778 bits per heavy atom. The molecule has 2 aliphatic rings. The minimum Gasteiger partial charge on any atom is -0.294 e. The first kappa shape index (κ1) is 21.6. The number of hydrogen-bond donors (Lipinski definition) is 0. The summed E-state index contributed by atoms with van der Waals surface area (Å²) in [5.74, 6) is -0.222. The van der Waals surface area contributed by atoms with Gasteiger partial charge in [0.25, 0.3) is 0 Å². The molecule has 0 spiro atoms.